The summed E-state index contributed by atoms with van der Waals surface area (Å²) in [5, 5.41) is 11.3. The highest BCUT2D eigenvalue weighted by Gasteiger charge is 2.18. The first-order chi connectivity index (χ1) is 10.4. The van der Waals surface area contributed by atoms with E-state index in [4.69, 9.17) is 13.6 Å². The molecule has 3 aromatic rings. The average molecular weight is 300 g/mol. The highest BCUT2D eigenvalue weighted by molar-refractivity contribution is 6.07. The van der Waals surface area contributed by atoms with Gasteiger partial charge in [-0.25, -0.2) is 4.79 Å². The molecule has 0 aliphatic carbocycles. The van der Waals surface area contributed by atoms with Gasteiger partial charge in [0.05, 0.1) is 35.3 Å². The van der Waals surface area contributed by atoms with E-state index in [1.807, 2.05) is 0 Å². The summed E-state index contributed by atoms with van der Waals surface area (Å²) >= 11 is 0. The lowest BCUT2D eigenvalue weighted by Gasteiger charge is -2.12. The Hall–Kier alpha value is -2.53. The second kappa shape index (κ2) is 5.03. The van der Waals surface area contributed by atoms with Crippen molar-refractivity contribution in [2.24, 2.45) is 0 Å². The van der Waals surface area contributed by atoms with E-state index in [-0.39, 0.29) is 0 Å². The van der Waals surface area contributed by atoms with E-state index in [9.17, 15) is 9.90 Å². The molecule has 0 saturated carbocycles. The van der Waals surface area contributed by atoms with Crippen LogP contribution >= 0.6 is 0 Å². The monoisotopic (exact) mass is 300 g/mol. The Morgan fingerprint density at radius 3 is 2.59 bits per heavy atom. The highest BCUT2D eigenvalue weighted by Crippen LogP contribution is 2.39. The first kappa shape index (κ1) is 14.4. The average Bonchev–Trinajstić information content (AvgIpc) is 2.91. The number of rotatable bonds is 3. The number of ether oxygens (including phenoxy) is 1. The minimum absolute atomic E-state index is 0.368. The van der Waals surface area contributed by atoms with Gasteiger partial charge in [-0.1, -0.05) is 6.08 Å². The molecular formula is C17H16O5. The van der Waals surface area contributed by atoms with Gasteiger partial charge in [0.2, 0.25) is 0 Å². The lowest BCUT2D eigenvalue weighted by Crippen LogP contribution is -2.13. The van der Waals surface area contributed by atoms with Crippen molar-refractivity contribution in [2.75, 3.05) is 7.11 Å². The first-order valence-corrected chi connectivity index (χ1v) is 6.83. The molecule has 114 valence electrons. The zero-order valence-corrected chi connectivity index (χ0v) is 12.5. The lowest BCUT2D eigenvalue weighted by molar-refractivity contribution is 0.134. The third-order valence-electron chi connectivity index (χ3n) is 3.34. The molecule has 1 aromatic carbocycles. The van der Waals surface area contributed by atoms with Crippen molar-refractivity contribution in [3.05, 3.63) is 46.5 Å². The molecular weight excluding hydrogens is 284 g/mol. The summed E-state index contributed by atoms with van der Waals surface area (Å²) < 4.78 is 16.3. The quantitative estimate of drug-likeness (QED) is 0.751. The summed E-state index contributed by atoms with van der Waals surface area (Å²) in [7, 11) is 1.55. The lowest BCUT2D eigenvalue weighted by atomic mass is 10.0. The van der Waals surface area contributed by atoms with Crippen molar-refractivity contribution in [2.45, 2.75) is 19.4 Å². The van der Waals surface area contributed by atoms with Crippen molar-refractivity contribution in [3.63, 3.8) is 0 Å². The van der Waals surface area contributed by atoms with E-state index < -0.39 is 11.2 Å². The van der Waals surface area contributed by atoms with E-state index in [0.717, 1.165) is 5.39 Å². The van der Waals surface area contributed by atoms with E-state index >= 15 is 0 Å². The summed E-state index contributed by atoms with van der Waals surface area (Å²) in [6.45, 7) is 3.31. The van der Waals surface area contributed by atoms with Crippen molar-refractivity contribution in [1.82, 2.24) is 0 Å². The third kappa shape index (κ3) is 2.40. The summed E-state index contributed by atoms with van der Waals surface area (Å²) in [4.78, 5) is 11.6. The molecule has 5 heteroatoms. The van der Waals surface area contributed by atoms with Crippen LogP contribution in [-0.4, -0.2) is 17.8 Å². The van der Waals surface area contributed by atoms with Gasteiger partial charge >= 0.3 is 5.63 Å². The first-order valence-electron chi connectivity index (χ1n) is 6.83. The van der Waals surface area contributed by atoms with Crippen LogP contribution in [0.1, 0.15) is 19.4 Å². The maximum atomic E-state index is 11.6. The van der Waals surface area contributed by atoms with Crippen LogP contribution in [0.5, 0.6) is 5.75 Å². The molecule has 0 saturated heterocycles. The Bertz CT molecular complexity index is 922. The van der Waals surface area contributed by atoms with Crippen LogP contribution in [0.2, 0.25) is 0 Å². The van der Waals surface area contributed by atoms with Gasteiger partial charge in [0, 0.05) is 6.07 Å². The fourth-order valence-electron chi connectivity index (χ4n) is 2.40. The molecule has 0 radical (unpaired) electrons. The summed E-state index contributed by atoms with van der Waals surface area (Å²) in [5.74, 6) is 0.586. The largest absolute Gasteiger partial charge is 0.495 e. The van der Waals surface area contributed by atoms with Gasteiger partial charge in [0.1, 0.15) is 11.3 Å². The number of hydrogen-bond acceptors (Lipinski definition) is 5. The Labute approximate surface area is 126 Å². The predicted octanol–water partition coefficient (Wildman–Crippen LogP) is 3.33. The molecule has 2 aromatic heterocycles. The number of aliphatic hydroxyl groups is 1. The number of furan rings is 1. The minimum atomic E-state index is -1.000. The Morgan fingerprint density at radius 2 is 1.91 bits per heavy atom. The molecule has 0 bridgehead atoms. The van der Waals surface area contributed by atoms with Gasteiger partial charge in [-0.2, -0.15) is 0 Å². The molecule has 5 nitrogen and oxygen atoms in total. The molecule has 1 N–H and O–H groups in total. The van der Waals surface area contributed by atoms with Crippen molar-refractivity contribution < 1.29 is 18.7 Å². The van der Waals surface area contributed by atoms with Gasteiger partial charge in [0.25, 0.3) is 0 Å². The topological polar surface area (TPSA) is 72.8 Å². The van der Waals surface area contributed by atoms with Crippen LogP contribution in [0.4, 0.5) is 0 Å². The minimum Gasteiger partial charge on any atom is -0.495 e. The highest BCUT2D eigenvalue weighted by atomic mass is 16.5. The van der Waals surface area contributed by atoms with Gasteiger partial charge < -0.3 is 18.7 Å². The fraction of sp³-hybridized carbons (Fsp3) is 0.235. The fourth-order valence-corrected chi connectivity index (χ4v) is 2.40. The zero-order valence-electron chi connectivity index (χ0n) is 12.5. The number of hydrogen-bond donors (Lipinski definition) is 1. The van der Waals surface area contributed by atoms with Crippen molar-refractivity contribution >= 4 is 28.0 Å². The van der Waals surface area contributed by atoms with Crippen LogP contribution in [0.3, 0.4) is 0 Å². The SMILES string of the molecule is COc1c2ccoc2c(/C=C/C(C)(C)O)c2oc(=O)ccc12. The van der Waals surface area contributed by atoms with Crippen LogP contribution < -0.4 is 10.4 Å². The van der Waals surface area contributed by atoms with E-state index in [0.29, 0.717) is 27.9 Å². The van der Waals surface area contributed by atoms with Crippen molar-refractivity contribution in [3.8, 4) is 5.75 Å². The van der Waals surface area contributed by atoms with Gasteiger partial charge in [0.15, 0.2) is 5.58 Å². The molecule has 0 aliphatic heterocycles. The van der Waals surface area contributed by atoms with Crippen LogP contribution in [-0.2, 0) is 0 Å². The van der Waals surface area contributed by atoms with Crippen LogP contribution in [0.15, 0.2) is 44.2 Å². The Kier molecular flexibility index (Phi) is 3.30. The summed E-state index contributed by atoms with van der Waals surface area (Å²) in [6, 6.07) is 4.80. The molecule has 0 fully saturated rings. The smallest absolute Gasteiger partial charge is 0.336 e. The molecule has 0 aliphatic rings. The Morgan fingerprint density at radius 1 is 1.18 bits per heavy atom. The maximum absolute atomic E-state index is 11.6. The molecule has 0 spiro atoms. The van der Waals surface area contributed by atoms with E-state index in [1.165, 1.54) is 6.07 Å². The second-order valence-corrected chi connectivity index (χ2v) is 5.59. The standard InChI is InChI=1S/C17H16O5/c1-17(2,19)8-6-11-15-12(7-9-21-15)14(20-3)10-4-5-13(18)22-16(10)11/h4-9,19H,1-3H3/b8-6+. The van der Waals surface area contributed by atoms with Crippen LogP contribution in [0, 0.1) is 0 Å². The normalized spacial score (nSPS) is 12.5. The van der Waals surface area contributed by atoms with E-state index in [1.54, 1.807) is 51.5 Å². The van der Waals surface area contributed by atoms with E-state index in [2.05, 4.69) is 0 Å². The molecule has 3 rings (SSSR count). The number of benzene rings is 1. The molecule has 22 heavy (non-hydrogen) atoms. The molecule has 0 amide bonds. The number of methoxy groups -OCH3 is 1. The molecule has 0 unspecified atom stereocenters. The predicted molar refractivity (Wildman–Crippen MR) is 84.1 cm³/mol. The van der Waals surface area contributed by atoms with Crippen LogP contribution in [0.25, 0.3) is 28.0 Å². The Balaban J connectivity index is 2.46. The van der Waals surface area contributed by atoms with Gasteiger partial charge in [-0.05, 0) is 32.1 Å². The second-order valence-electron chi connectivity index (χ2n) is 5.59. The van der Waals surface area contributed by atoms with Gasteiger partial charge in [-0.3, -0.25) is 0 Å². The third-order valence-corrected chi connectivity index (χ3v) is 3.34. The van der Waals surface area contributed by atoms with Crippen molar-refractivity contribution in [1.29, 1.82) is 0 Å². The van der Waals surface area contributed by atoms with Gasteiger partial charge in [-0.15, -0.1) is 0 Å². The molecule has 2 heterocycles. The summed E-state index contributed by atoms with van der Waals surface area (Å²) in [6.07, 6.45) is 4.85. The molecule has 0 atom stereocenters. The zero-order chi connectivity index (χ0) is 15.9. The number of fused-ring (bicyclic) bond motifs is 2. The summed E-state index contributed by atoms with van der Waals surface area (Å²) in [5.41, 5.74) is 0.0424. The maximum Gasteiger partial charge on any atom is 0.336 e.